The molecule has 1 aromatic rings. The maximum Gasteiger partial charge on any atom is 0.424 e. The van der Waals surface area contributed by atoms with E-state index in [4.69, 9.17) is 9.47 Å². The lowest BCUT2D eigenvalue weighted by molar-refractivity contribution is -0.715. The fourth-order valence-corrected chi connectivity index (χ4v) is 1.70. The highest BCUT2D eigenvalue weighted by atomic mass is 19.1. The van der Waals surface area contributed by atoms with Crippen molar-refractivity contribution in [3.05, 3.63) is 34.4 Å². The zero-order valence-corrected chi connectivity index (χ0v) is 15.0. The van der Waals surface area contributed by atoms with Crippen LogP contribution in [0.1, 0.15) is 41.5 Å². The van der Waals surface area contributed by atoms with Gasteiger partial charge in [-0.15, -0.1) is 0 Å². The van der Waals surface area contributed by atoms with Crippen LogP contribution in [0.25, 0.3) is 0 Å². The molecule has 1 N–H and O–H groups in total. The summed E-state index contributed by atoms with van der Waals surface area (Å²) in [6.07, 6.45) is -2.40. The molecule has 0 unspecified atom stereocenters. The summed E-state index contributed by atoms with van der Waals surface area (Å²) >= 11 is 0. The summed E-state index contributed by atoms with van der Waals surface area (Å²) in [6, 6.07) is 2.57. The first-order valence-electron chi connectivity index (χ1n) is 7.48. The summed E-state index contributed by atoms with van der Waals surface area (Å²) < 4.78 is 24.4. The van der Waals surface area contributed by atoms with Crippen LogP contribution in [0.2, 0.25) is 0 Å². The second kappa shape index (κ2) is 7.34. The van der Waals surface area contributed by atoms with Gasteiger partial charge in [-0.2, -0.15) is 4.90 Å². The van der Waals surface area contributed by atoms with Gasteiger partial charge < -0.3 is 25.1 Å². The highest BCUT2D eigenvalue weighted by Gasteiger charge is 2.34. The van der Waals surface area contributed by atoms with Gasteiger partial charge in [-0.25, -0.2) is 14.0 Å². The van der Waals surface area contributed by atoms with Crippen LogP contribution in [0.4, 0.5) is 25.4 Å². The normalized spacial score (nSPS) is 12.1. The van der Waals surface area contributed by atoms with Crippen molar-refractivity contribution in [3.8, 4) is 0 Å². The fraction of sp³-hybridized carbons (Fsp3) is 0.500. The molecular weight excluding hydrogens is 335 g/mol. The number of carbonyl (C=O) groups is 2. The smallest absolute Gasteiger partial charge is 0.424 e. The van der Waals surface area contributed by atoms with Gasteiger partial charge >= 0.3 is 12.2 Å². The molecule has 1 aromatic carbocycles. The molecule has 2 amide bonds. The first kappa shape index (κ1) is 20.8. The van der Waals surface area contributed by atoms with Crippen LogP contribution in [0.3, 0.4) is 0 Å². The van der Waals surface area contributed by atoms with Crippen molar-refractivity contribution < 1.29 is 28.7 Å². The average Bonchev–Trinajstić information content (AvgIpc) is 2.36. The van der Waals surface area contributed by atoms with Gasteiger partial charge in [0, 0.05) is 12.1 Å². The van der Waals surface area contributed by atoms with E-state index in [0.717, 1.165) is 18.2 Å². The van der Waals surface area contributed by atoms with Crippen LogP contribution in [0.5, 0.6) is 0 Å². The molecule has 0 saturated carbocycles. The average molecular weight is 357 g/mol. The SMILES string of the molecule is CC(C)(C)OC(=O)N(C(=O)OC(C)(C)C)c1cc([NH+]([O-])[O-])ccc1F. The van der Waals surface area contributed by atoms with E-state index < -0.39 is 45.8 Å². The highest BCUT2D eigenvalue weighted by Crippen LogP contribution is 2.26. The van der Waals surface area contributed by atoms with Crippen LogP contribution in [-0.2, 0) is 9.47 Å². The number of benzene rings is 1. The number of nitrogens with zero attached hydrogens (tertiary/aromatic N) is 1. The zero-order valence-electron chi connectivity index (χ0n) is 15.0. The van der Waals surface area contributed by atoms with Gasteiger partial charge in [-0.05, 0) is 47.6 Å². The molecule has 9 heteroatoms. The van der Waals surface area contributed by atoms with Crippen molar-refractivity contribution in [2.45, 2.75) is 52.7 Å². The Morgan fingerprint density at radius 3 is 1.80 bits per heavy atom. The molecule has 0 aliphatic carbocycles. The molecule has 0 radical (unpaired) electrons. The van der Waals surface area contributed by atoms with Crippen LogP contribution in [0.15, 0.2) is 18.2 Å². The Labute approximate surface area is 145 Å². The Bertz CT molecular complexity index is 621. The van der Waals surface area contributed by atoms with Gasteiger partial charge in [0.25, 0.3) is 0 Å². The lowest BCUT2D eigenvalue weighted by Gasteiger charge is -2.30. The van der Waals surface area contributed by atoms with E-state index in [1.807, 2.05) is 0 Å². The Kier molecular flexibility index (Phi) is 6.11. The van der Waals surface area contributed by atoms with E-state index in [1.165, 1.54) is 0 Å². The number of quaternary nitrogens is 1. The third kappa shape index (κ3) is 6.29. The summed E-state index contributed by atoms with van der Waals surface area (Å²) in [7, 11) is 0. The number of carbonyl (C=O) groups excluding carboxylic acids is 2. The van der Waals surface area contributed by atoms with Crippen LogP contribution in [-0.4, -0.2) is 23.4 Å². The Hall–Kier alpha value is -2.23. The minimum atomic E-state index is -1.59. The number of hydrogen-bond acceptors (Lipinski definition) is 6. The van der Waals surface area contributed by atoms with E-state index in [-0.39, 0.29) is 0 Å². The van der Waals surface area contributed by atoms with Crippen LogP contribution < -0.4 is 10.1 Å². The van der Waals surface area contributed by atoms with E-state index >= 15 is 0 Å². The fourth-order valence-electron chi connectivity index (χ4n) is 1.70. The van der Waals surface area contributed by atoms with Crippen molar-refractivity contribution in [3.63, 3.8) is 0 Å². The minimum absolute atomic E-state index is 0.318. The summed E-state index contributed by atoms with van der Waals surface area (Å²) in [5, 5.41) is 20.4. The molecule has 0 aromatic heterocycles. The van der Waals surface area contributed by atoms with Gasteiger partial charge in [0.1, 0.15) is 28.4 Å². The number of ether oxygens (including phenoxy) is 2. The molecule has 1 rings (SSSR count). The lowest BCUT2D eigenvalue weighted by atomic mass is 10.2. The van der Waals surface area contributed by atoms with Gasteiger partial charge in [-0.1, -0.05) is 0 Å². The Morgan fingerprint density at radius 2 is 1.44 bits per heavy atom. The molecular formula is C16H22FN2O6-. The largest absolute Gasteiger partial charge is 0.628 e. The molecule has 0 bridgehead atoms. The predicted molar refractivity (Wildman–Crippen MR) is 88.7 cm³/mol. The molecule has 25 heavy (non-hydrogen) atoms. The molecule has 0 heterocycles. The monoisotopic (exact) mass is 357 g/mol. The quantitative estimate of drug-likeness (QED) is 0.816. The summed E-state index contributed by atoms with van der Waals surface area (Å²) in [4.78, 5) is 25.1. The van der Waals surface area contributed by atoms with Crippen LogP contribution >= 0.6 is 0 Å². The molecule has 0 spiro atoms. The molecule has 0 atom stereocenters. The van der Waals surface area contributed by atoms with Crippen molar-refractivity contribution in [1.29, 1.82) is 0 Å². The topological polar surface area (TPSA) is 106 Å². The van der Waals surface area contributed by atoms with E-state index in [2.05, 4.69) is 0 Å². The van der Waals surface area contributed by atoms with Gasteiger partial charge in [0.05, 0.1) is 0 Å². The van der Waals surface area contributed by atoms with Crippen LogP contribution in [0, 0.1) is 16.2 Å². The molecule has 140 valence electrons. The lowest BCUT2D eigenvalue weighted by Crippen LogP contribution is -2.96. The number of halogens is 1. The van der Waals surface area contributed by atoms with Gasteiger partial charge in [0.2, 0.25) is 0 Å². The summed E-state index contributed by atoms with van der Waals surface area (Å²) in [6.45, 7) is 9.37. The first-order chi connectivity index (χ1) is 11.2. The predicted octanol–water partition coefficient (Wildman–Crippen LogP) is 3.01. The summed E-state index contributed by atoms with van der Waals surface area (Å²) in [5.41, 5.74) is -2.96. The third-order valence-corrected chi connectivity index (χ3v) is 2.57. The van der Waals surface area contributed by atoms with Crippen molar-refractivity contribution in [2.75, 3.05) is 4.90 Å². The van der Waals surface area contributed by atoms with E-state index in [9.17, 15) is 24.4 Å². The van der Waals surface area contributed by atoms with E-state index in [1.54, 1.807) is 41.5 Å². The molecule has 0 saturated heterocycles. The van der Waals surface area contributed by atoms with Gasteiger partial charge in [0.15, 0.2) is 0 Å². The number of anilines is 1. The number of nitrogens with one attached hydrogen (secondary N) is 1. The number of rotatable bonds is 2. The molecule has 0 aliphatic rings. The maximum atomic E-state index is 14.2. The summed E-state index contributed by atoms with van der Waals surface area (Å²) in [5.74, 6) is -0.998. The maximum absolute atomic E-state index is 14.2. The number of imide groups is 1. The molecule has 8 nitrogen and oxygen atoms in total. The number of hydrogen-bond donors (Lipinski definition) is 1. The van der Waals surface area contributed by atoms with Gasteiger partial charge in [-0.3, -0.25) is 0 Å². The Morgan fingerprint density at radius 1 is 1.00 bits per heavy atom. The second-order valence-corrected chi connectivity index (χ2v) is 7.25. The van der Waals surface area contributed by atoms with E-state index in [0.29, 0.717) is 4.90 Å². The zero-order chi connectivity index (χ0) is 19.6. The molecule has 0 aliphatic heterocycles. The highest BCUT2D eigenvalue weighted by molar-refractivity contribution is 6.09. The first-order valence-corrected chi connectivity index (χ1v) is 7.48. The number of amides is 2. The van der Waals surface area contributed by atoms with Crippen molar-refractivity contribution in [2.24, 2.45) is 0 Å². The standard InChI is InChI=1S/C16H22FN2O6/c1-15(2,3)24-13(20)18(14(21)25-16(4,5)6)12-9-10(19(22)23)7-8-11(12)17/h7-9,19H,1-6H3/q-1. The second-order valence-electron chi connectivity index (χ2n) is 7.25. The van der Waals surface area contributed by atoms with Crippen molar-refractivity contribution >= 4 is 23.6 Å². The van der Waals surface area contributed by atoms with Crippen molar-refractivity contribution in [1.82, 2.24) is 0 Å². The third-order valence-electron chi connectivity index (χ3n) is 2.57. The minimum Gasteiger partial charge on any atom is -0.628 e. The Balaban J connectivity index is 3.38. The molecule has 0 fully saturated rings.